The molecule has 0 saturated heterocycles. The van der Waals surface area contributed by atoms with Crippen LogP contribution >= 0.6 is 0 Å². The molecule has 1 atom stereocenters. The van der Waals surface area contributed by atoms with Gasteiger partial charge in [-0.05, 0) is 38.0 Å². The highest BCUT2D eigenvalue weighted by Gasteiger charge is 2.57. The molecule has 16 heavy (non-hydrogen) atoms. The lowest BCUT2D eigenvalue weighted by molar-refractivity contribution is -0.0856. The van der Waals surface area contributed by atoms with Crippen LogP contribution in [-0.4, -0.2) is 22.2 Å². The molecule has 0 heterocycles. The van der Waals surface area contributed by atoms with Crippen LogP contribution < -0.4 is 5.73 Å². The summed E-state index contributed by atoms with van der Waals surface area (Å²) >= 11 is 0. The maximum Gasteiger partial charge on any atom is 0.250 e. The summed E-state index contributed by atoms with van der Waals surface area (Å²) in [5, 5.41) is 10.5. The monoisotopic (exact) mass is 233 g/mol. The smallest absolute Gasteiger partial charge is 0.250 e. The zero-order valence-corrected chi connectivity index (χ0v) is 9.81. The summed E-state index contributed by atoms with van der Waals surface area (Å²) in [6, 6.07) is 0. The quantitative estimate of drug-likeness (QED) is 0.730. The zero-order chi connectivity index (χ0) is 12.0. The Bertz CT molecular complexity index is 274. The van der Waals surface area contributed by atoms with Crippen LogP contribution in [0.25, 0.3) is 0 Å². The van der Waals surface area contributed by atoms with Crippen LogP contribution in [0.15, 0.2) is 0 Å². The van der Waals surface area contributed by atoms with E-state index in [9.17, 15) is 13.9 Å². The average Bonchev–Trinajstić information content (AvgIpc) is 2.48. The molecule has 0 spiro atoms. The number of halogens is 2. The lowest BCUT2D eigenvalue weighted by atomic mass is 9.68. The lowest BCUT2D eigenvalue weighted by Gasteiger charge is -2.46. The van der Waals surface area contributed by atoms with Gasteiger partial charge in [0.05, 0.1) is 11.1 Å². The van der Waals surface area contributed by atoms with Gasteiger partial charge < -0.3 is 10.8 Å². The molecule has 4 heteroatoms. The van der Waals surface area contributed by atoms with Gasteiger partial charge in [0, 0.05) is 12.8 Å². The highest BCUT2D eigenvalue weighted by atomic mass is 19.3. The van der Waals surface area contributed by atoms with Gasteiger partial charge in [0.2, 0.25) is 5.92 Å². The first-order valence-corrected chi connectivity index (χ1v) is 6.16. The Hall–Kier alpha value is -0.220. The molecule has 94 valence electrons. The topological polar surface area (TPSA) is 46.2 Å². The highest BCUT2D eigenvalue weighted by molar-refractivity contribution is 5.11. The number of aliphatic hydroxyl groups is 1. The largest absolute Gasteiger partial charge is 0.388 e. The predicted octanol–water partition coefficient (Wildman–Crippen LogP) is 2.44. The van der Waals surface area contributed by atoms with Crippen molar-refractivity contribution in [2.45, 2.75) is 68.9 Å². The van der Waals surface area contributed by atoms with E-state index in [1.54, 1.807) is 0 Å². The van der Waals surface area contributed by atoms with Gasteiger partial charge in [-0.25, -0.2) is 8.78 Å². The molecule has 2 nitrogen and oxygen atoms in total. The van der Waals surface area contributed by atoms with Crippen LogP contribution in [0, 0.1) is 5.92 Å². The van der Waals surface area contributed by atoms with Crippen LogP contribution in [0.3, 0.4) is 0 Å². The second kappa shape index (κ2) is 3.64. The van der Waals surface area contributed by atoms with Crippen molar-refractivity contribution in [2.24, 2.45) is 11.7 Å². The Balaban J connectivity index is 2.12. The van der Waals surface area contributed by atoms with Gasteiger partial charge >= 0.3 is 0 Å². The summed E-state index contributed by atoms with van der Waals surface area (Å²) in [4.78, 5) is 0. The molecule has 3 N–H and O–H groups in total. The second-order valence-electron chi connectivity index (χ2n) is 5.90. The van der Waals surface area contributed by atoms with Crippen LogP contribution in [0.4, 0.5) is 8.78 Å². The highest BCUT2D eigenvalue weighted by Crippen LogP contribution is 2.50. The van der Waals surface area contributed by atoms with Gasteiger partial charge in [-0.2, -0.15) is 0 Å². The summed E-state index contributed by atoms with van der Waals surface area (Å²) in [5.41, 5.74) is 3.92. The molecule has 0 aliphatic heterocycles. The minimum atomic E-state index is -2.69. The van der Waals surface area contributed by atoms with Gasteiger partial charge in [-0.1, -0.05) is 6.92 Å². The van der Waals surface area contributed by atoms with E-state index in [0.717, 1.165) is 12.8 Å². The molecule has 0 aromatic carbocycles. The van der Waals surface area contributed by atoms with E-state index < -0.39 is 17.1 Å². The Morgan fingerprint density at radius 3 is 2.12 bits per heavy atom. The molecule has 2 aliphatic carbocycles. The number of alkyl halides is 2. The number of hydrogen-bond acceptors (Lipinski definition) is 2. The van der Waals surface area contributed by atoms with Crippen molar-refractivity contribution >= 4 is 0 Å². The molecule has 0 aromatic heterocycles. The molecule has 0 bridgehead atoms. The summed E-state index contributed by atoms with van der Waals surface area (Å²) in [5.74, 6) is -2.11. The Labute approximate surface area is 95.2 Å². The van der Waals surface area contributed by atoms with E-state index in [4.69, 9.17) is 5.73 Å². The Morgan fingerprint density at radius 2 is 1.69 bits per heavy atom. The first-order chi connectivity index (χ1) is 7.27. The summed E-state index contributed by atoms with van der Waals surface area (Å²) < 4.78 is 26.5. The SMILES string of the molecule is CC1CCC(O)(C2(N)CCC(F)(F)C2)CC1. The Morgan fingerprint density at radius 1 is 1.12 bits per heavy atom. The second-order valence-corrected chi connectivity index (χ2v) is 5.90. The van der Waals surface area contributed by atoms with E-state index >= 15 is 0 Å². The van der Waals surface area contributed by atoms with Gasteiger partial charge in [-0.3, -0.25) is 0 Å². The van der Waals surface area contributed by atoms with Crippen LogP contribution in [0.5, 0.6) is 0 Å². The molecule has 1 unspecified atom stereocenters. The van der Waals surface area contributed by atoms with E-state index in [1.165, 1.54) is 0 Å². The van der Waals surface area contributed by atoms with Crippen molar-refractivity contribution in [3.05, 3.63) is 0 Å². The molecule has 2 aliphatic rings. The van der Waals surface area contributed by atoms with Crippen molar-refractivity contribution in [3.63, 3.8) is 0 Å². The van der Waals surface area contributed by atoms with Crippen molar-refractivity contribution in [1.82, 2.24) is 0 Å². The fourth-order valence-corrected chi connectivity index (χ4v) is 3.18. The fourth-order valence-electron chi connectivity index (χ4n) is 3.18. The van der Waals surface area contributed by atoms with Crippen molar-refractivity contribution in [3.8, 4) is 0 Å². The summed E-state index contributed by atoms with van der Waals surface area (Å²) in [6.07, 6.45) is 2.63. The summed E-state index contributed by atoms with van der Waals surface area (Å²) in [6.45, 7) is 2.13. The molecular formula is C12H21F2NO. The fraction of sp³-hybridized carbons (Fsp3) is 1.00. The van der Waals surface area contributed by atoms with E-state index in [0.29, 0.717) is 18.8 Å². The standard InChI is InChI=1S/C12H21F2NO/c1-9-2-4-11(16,5-3-9)10(15)6-7-12(13,14)8-10/h9,16H,2-8,15H2,1H3. The van der Waals surface area contributed by atoms with Crippen molar-refractivity contribution in [1.29, 1.82) is 0 Å². The van der Waals surface area contributed by atoms with Gasteiger partial charge in [0.1, 0.15) is 0 Å². The predicted molar refractivity (Wildman–Crippen MR) is 58.3 cm³/mol. The third-order valence-electron chi connectivity index (χ3n) is 4.54. The Kier molecular flexibility index (Phi) is 2.78. The number of nitrogens with two attached hydrogens (primary N) is 1. The minimum Gasteiger partial charge on any atom is -0.388 e. The van der Waals surface area contributed by atoms with Gasteiger partial charge in [0.15, 0.2) is 0 Å². The molecule has 2 rings (SSSR count). The molecule has 2 fully saturated rings. The van der Waals surface area contributed by atoms with E-state index in [1.807, 2.05) is 0 Å². The maximum atomic E-state index is 13.3. The van der Waals surface area contributed by atoms with Gasteiger partial charge in [0.25, 0.3) is 0 Å². The normalized spacial score (nSPS) is 48.2. The molecule has 0 radical (unpaired) electrons. The molecule has 0 aromatic rings. The third kappa shape index (κ3) is 1.97. The molecule has 0 amide bonds. The summed E-state index contributed by atoms with van der Waals surface area (Å²) in [7, 11) is 0. The molecular weight excluding hydrogens is 212 g/mol. The first-order valence-electron chi connectivity index (χ1n) is 6.16. The number of hydrogen-bond donors (Lipinski definition) is 2. The van der Waals surface area contributed by atoms with E-state index in [2.05, 4.69) is 6.92 Å². The van der Waals surface area contributed by atoms with Crippen LogP contribution in [0.1, 0.15) is 51.9 Å². The maximum absolute atomic E-state index is 13.3. The van der Waals surface area contributed by atoms with E-state index in [-0.39, 0.29) is 19.3 Å². The first kappa shape index (κ1) is 12.2. The lowest BCUT2D eigenvalue weighted by Crippen LogP contribution is -2.60. The van der Waals surface area contributed by atoms with Gasteiger partial charge in [-0.15, -0.1) is 0 Å². The minimum absolute atomic E-state index is 0.179. The zero-order valence-electron chi connectivity index (χ0n) is 9.81. The van der Waals surface area contributed by atoms with Crippen LogP contribution in [0.2, 0.25) is 0 Å². The van der Waals surface area contributed by atoms with Crippen molar-refractivity contribution < 1.29 is 13.9 Å². The molecule has 2 saturated carbocycles. The van der Waals surface area contributed by atoms with Crippen molar-refractivity contribution in [2.75, 3.05) is 0 Å². The van der Waals surface area contributed by atoms with Crippen LogP contribution in [-0.2, 0) is 0 Å². The third-order valence-corrected chi connectivity index (χ3v) is 4.54. The average molecular weight is 233 g/mol. The number of rotatable bonds is 1.